The highest BCUT2D eigenvalue weighted by Crippen LogP contribution is 2.37. The highest BCUT2D eigenvalue weighted by molar-refractivity contribution is 6.08. The summed E-state index contributed by atoms with van der Waals surface area (Å²) in [5.41, 5.74) is 1.74. The molecule has 1 aliphatic rings. The molecule has 1 aromatic carbocycles. The van der Waals surface area contributed by atoms with E-state index in [0.29, 0.717) is 31.7 Å². The van der Waals surface area contributed by atoms with Crippen molar-refractivity contribution < 1.29 is 19.4 Å². The van der Waals surface area contributed by atoms with Gasteiger partial charge in [0.1, 0.15) is 6.04 Å². The van der Waals surface area contributed by atoms with Gasteiger partial charge in [0.25, 0.3) is 5.91 Å². The van der Waals surface area contributed by atoms with Gasteiger partial charge in [0.15, 0.2) is 11.5 Å². The molecule has 0 bridgehead atoms. The Balaban J connectivity index is 1.85. The molecule has 1 amide bonds. The molecule has 0 radical (unpaired) electrons. The molecule has 1 unspecified atom stereocenters. The molecular formula is C22H24N2O4. The zero-order chi connectivity index (χ0) is 19.9. The first-order chi connectivity index (χ1) is 13.6. The zero-order valence-corrected chi connectivity index (χ0v) is 15.9. The van der Waals surface area contributed by atoms with Crippen molar-refractivity contribution in [1.29, 1.82) is 0 Å². The van der Waals surface area contributed by atoms with Crippen molar-refractivity contribution in [3.05, 3.63) is 77.3 Å². The third-order valence-corrected chi connectivity index (χ3v) is 4.80. The average Bonchev–Trinajstić information content (AvgIpc) is 2.98. The maximum absolute atomic E-state index is 13.0. The average molecular weight is 380 g/mol. The second-order valence-electron chi connectivity index (χ2n) is 6.67. The minimum atomic E-state index is -0.672. The number of nitrogens with zero attached hydrogens (tertiary/aromatic N) is 2. The number of rotatable bonds is 9. The number of methoxy groups -OCH3 is 1. The molecule has 3 rings (SSSR count). The van der Waals surface area contributed by atoms with Gasteiger partial charge in [-0.05, 0) is 30.5 Å². The molecule has 6 nitrogen and oxygen atoms in total. The molecule has 1 aliphatic heterocycles. The molecule has 2 aromatic rings. The zero-order valence-electron chi connectivity index (χ0n) is 15.9. The monoisotopic (exact) mass is 380 g/mol. The number of ketones is 1. The van der Waals surface area contributed by atoms with Crippen molar-refractivity contribution in [3.63, 3.8) is 0 Å². The van der Waals surface area contributed by atoms with E-state index in [2.05, 4.69) is 4.98 Å². The van der Waals surface area contributed by atoms with Crippen molar-refractivity contribution in [1.82, 2.24) is 9.88 Å². The molecule has 1 N–H and O–H groups in total. The summed E-state index contributed by atoms with van der Waals surface area (Å²) >= 11 is 0. The van der Waals surface area contributed by atoms with Crippen LogP contribution in [0.3, 0.4) is 0 Å². The van der Waals surface area contributed by atoms with E-state index in [0.717, 1.165) is 5.56 Å². The molecule has 2 heterocycles. The summed E-state index contributed by atoms with van der Waals surface area (Å²) in [4.78, 5) is 31.5. The van der Waals surface area contributed by atoms with E-state index in [-0.39, 0.29) is 17.8 Å². The van der Waals surface area contributed by atoms with Gasteiger partial charge in [-0.25, -0.2) is 0 Å². The van der Waals surface area contributed by atoms with E-state index in [1.165, 1.54) is 4.90 Å². The third-order valence-electron chi connectivity index (χ3n) is 4.80. The van der Waals surface area contributed by atoms with E-state index < -0.39 is 17.7 Å². The first-order valence-corrected chi connectivity index (χ1v) is 9.34. The minimum Gasteiger partial charge on any atom is -0.503 e. The molecule has 146 valence electrons. The Labute approximate surface area is 164 Å². The number of hydrogen-bond acceptors (Lipinski definition) is 5. The largest absolute Gasteiger partial charge is 0.503 e. The maximum atomic E-state index is 13.0. The second kappa shape index (κ2) is 9.28. The van der Waals surface area contributed by atoms with Crippen LogP contribution in [-0.4, -0.2) is 46.9 Å². The van der Waals surface area contributed by atoms with Crippen LogP contribution in [0.25, 0.3) is 0 Å². The number of carbonyl (C=O) groups is 2. The van der Waals surface area contributed by atoms with Crippen LogP contribution in [0.5, 0.6) is 0 Å². The molecule has 0 fully saturated rings. The van der Waals surface area contributed by atoms with Crippen LogP contribution in [0.1, 0.15) is 30.1 Å². The number of carbonyl (C=O) groups excluding carboxylic acids is 2. The lowest BCUT2D eigenvalue weighted by atomic mass is 9.95. The van der Waals surface area contributed by atoms with Crippen molar-refractivity contribution in [2.24, 2.45) is 0 Å². The van der Waals surface area contributed by atoms with Crippen LogP contribution in [0.2, 0.25) is 0 Å². The Kier molecular flexibility index (Phi) is 6.55. The molecule has 1 aromatic heterocycles. The van der Waals surface area contributed by atoms with Crippen molar-refractivity contribution in [3.8, 4) is 0 Å². The standard InChI is InChI=1S/C22H24N2O4/c1-28-15-7-14-24-20(17-10-5-6-13-23-17)19(21(26)22(24)27)18(25)12-11-16-8-3-2-4-9-16/h2-6,8-10,13,20,26H,7,11-12,14-15H2,1H3. The summed E-state index contributed by atoms with van der Waals surface area (Å²) in [5, 5.41) is 10.5. The highest BCUT2D eigenvalue weighted by atomic mass is 16.5. The van der Waals surface area contributed by atoms with Gasteiger partial charge in [0.2, 0.25) is 0 Å². The van der Waals surface area contributed by atoms with Crippen molar-refractivity contribution in [2.75, 3.05) is 20.3 Å². The van der Waals surface area contributed by atoms with Crippen LogP contribution in [0.4, 0.5) is 0 Å². The van der Waals surface area contributed by atoms with Gasteiger partial charge in [-0.15, -0.1) is 0 Å². The lowest BCUT2D eigenvalue weighted by Crippen LogP contribution is -2.33. The van der Waals surface area contributed by atoms with Gasteiger partial charge in [0, 0.05) is 32.9 Å². The van der Waals surface area contributed by atoms with Crippen LogP contribution < -0.4 is 0 Å². The fraction of sp³-hybridized carbons (Fsp3) is 0.318. The van der Waals surface area contributed by atoms with E-state index in [9.17, 15) is 14.7 Å². The number of aliphatic hydroxyl groups is 1. The molecule has 28 heavy (non-hydrogen) atoms. The fourth-order valence-electron chi connectivity index (χ4n) is 3.43. The summed E-state index contributed by atoms with van der Waals surface area (Å²) in [6.45, 7) is 0.851. The summed E-state index contributed by atoms with van der Waals surface area (Å²) in [6, 6.07) is 14.3. The Morgan fingerprint density at radius 1 is 1.18 bits per heavy atom. The lowest BCUT2D eigenvalue weighted by Gasteiger charge is -2.26. The Hall–Kier alpha value is -2.99. The summed E-state index contributed by atoms with van der Waals surface area (Å²) in [7, 11) is 1.59. The molecule has 0 saturated heterocycles. The predicted octanol–water partition coefficient (Wildman–Crippen LogP) is 3.02. The third kappa shape index (κ3) is 4.28. The molecule has 6 heteroatoms. The molecular weight excluding hydrogens is 356 g/mol. The first kappa shape index (κ1) is 19.8. The number of pyridine rings is 1. The van der Waals surface area contributed by atoms with Crippen LogP contribution in [0.15, 0.2) is 66.1 Å². The SMILES string of the molecule is COCCCN1C(=O)C(O)=C(C(=O)CCc2ccccc2)C1c1ccccn1. The predicted molar refractivity (Wildman–Crippen MR) is 105 cm³/mol. The van der Waals surface area contributed by atoms with Crippen LogP contribution in [-0.2, 0) is 20.7 Å². The van der Waals surface area contributed by atoms with Crippen molar-refractivity contribution >= 4 is 11.7 Å². The lowest BCUT2D eigenvalue weighted by molar-refractivity contribution is -0.129. The summed E-state index contributed by atoms with van der Waals surface area (Å²) < 4.78 is 5.07. The van der Waals surface area contributed by atoms with Crippen molar-refractivity contribution in [2.45, 2.75) is 25.3 Å². The van der Waals surface area contributed by atoms with Gasteiger partial charge in [-0.1, -0.05) is 36.4 Å². The van der Waals surface area contributed by atoms with Gasteiger partial charge < -0.3 is 14.7 Å². The topological polar surface area (TPSA) is 79.7 Å². The Morgan fingerprint density at radius 2 is 1.93 bits per heavy atom. The van der Waals surface area contributed by atoms with Gasteiger partial charge in [-0.2, -0.15) is 0 Å². The van der Waals surface area contributed by atoms with E-state index >= 15 is 0 Å². The highest BCUT2D eigenvalue weighted by Gasteiger charge is 2.43. The van der Waals surface area contributed by atoms with Crippen LogP contribution >= 0.6 is 0 Å². The normalized spacial score (nSPS) is 16.7. The van der Waals surface area contributed by atoms with E-state index in [4.69, 9.17) is 4.74 Å². The number of ether oxygens (including phenoxy) is 1. The number of amides is 1. The number of Topliss-reactive ketones (excluding diaryl/α,β-unsaturated/α-hetero) is 1. The van der Waals surface area contributed by atoms with Gasteiger partial charge in [0.05, 0.1) is 11.3 Å². The fourth-order valence-corrected chi connectivity index (χ4v) is 3.43. The molecule has 0 saturated carbocycles. The van der Waals surface area contributed by atoms with Gasteiger partial charge in [-0.3, -0.25) is 14.6 Å². The number of aryl methyl sites for hydroxylation is 1. The molecule has 1 atom stereocenters. The van der Waals surface area contributed by atoms with Crippen LogP contribution in [0, 0.1) is 0 Å². The Morgan fingerprint density at radius 3 is 2.61 bits per heavy atom. The number of aromatic nitrogens is 1. The number of benzene rings is 1. The van der Waals surface area contributed by atoms with E-state index in [1.807, 2.05) is 36.4 Å². The summed E-state index contributed by atoms with van der Waals surface area (Å²) in [5.74, 6) is -1.24. The number of hydrogen-bond donors (Lipinski definition) is 1. The summed E-state index contributed by atoms with van der Waals surface area (Å²) in [6.07, 6.45) is 2.98. The second-order valence-corrected chi connectivity index (χ2v) is 6.67. The quantitative estimate of drug-likeness (QED) is 0.677. The van der Waals surface area contributed by atoms with Gasteiger partial charge >= 0.3 is 0 Å². The number of aliphatic hydroxyl groups excluding tert-OH is 1. The van der Waals surface area contributed by atoms with E-state index in [1.54, 1.807) is 25.4 Å². The first-order valence-electron chi connectivity index (χ1n) is 9.34. The molecule has 0 aliphatic carbocycles. The molecule has 0 spiro atoms. The Bertz CT molecular complexity index is 849. The smallest absolute Gasteiger partial charge is 0.290 e. The minimum absolute atomic E-state index is 0.136. The maximum Gasteiger partial charge on any atom is 0.290 e.